The molecular formula is C20H31N5. The quantitative estimate of drug-likeness (QED) is 0.624. The van der Waals surface area contributed by atoms with Gasteiger partial charge >= 0.3 is 0 Å². The molecule has 1 aromatic heterocycles. The van der Waals surface area contributed by atoms with Crippen LogP contribution >= 0.6 is 0 Å². The monoisotopic (exact) mass is 341 g/mol. The van der Waals surface area contributed by atoms with Gasteiger partial charge in [0.2, 0.25) is 0 Å². The molecule has 0 fully saturated rings. The molecule has 0 aliphatic carbocycles. The van der Waals surface area contributed by atoms with Crippen molar-refractivity contribution in [2.24, 2.45) is 10.9 Å². The molecule has 2 rings (SSSR count). The Hall–Kier alpha value is -2.30. The van der Waals surface area contributed by atoms with E-state index in [9.17, 15) is 0 Å². The lowest BCUT2D eigenvalue weighted by Gasteiger charge is -2.20. The molecule has 1 atom stereocenters. The van der Waals surface area contributed by atoms with Gasteiger partial charge < -0.3 is 10.6 Å². The Morgan fingerprint density at radius 2 is 1.84 bits per heavy atom. The van der Waals surface area contributed by atoms with Crippen molar-refractivity contribution in [1.29, 1.82) is 0 Å². The first-order chi connectivity index (χ1) is 11.9. The molecule has 1 unspecified atom stereocenters. The molecule has 0 aliphatic heterocycles. The number of aromatic nitrogens is 2. The van der Waals surface area contributed by atoms with Gasteiger partial charge in [0, 0.05) is 23.8 Å². The van der Waals surface area contributed by atoms with E-state index in [-0.39, 0.29) is 0 Å². The first-order valence-electron chi connectivity index (χ1n) is 9.09. The SMILES string of the molecule is CCNC(=NCc1c(C)nn(-c2ccccc2)c1C)NC(C)C(C)C. The number of benzene rings is 1. The summed E-state index contributed by atoms with van der Waals surface area (Å²) in [5, 5.41) is 11.5. The minimum absolute atomic E-state index is 0.368. The third kappa shape index (κ3) is 4.84. The number of nitrogens with zero attached hydrogens (tertiary/aromatic N) is 3. The summed E-state index contributed by atoms with van der Waals surface area (Å²) in [5.41, 5.74) is 4.42. The van der Waals surface area contributed by atoms with E-state index < -0.39 is 0 Å². The van der Waals surface area contributed by atoms with Crippen molar-refractivity contribution < 1.29 is 0 Å². The second kappa shape index (κ2) is 8.70. The Morgan fingerprint density at radius 1 is 1.16 bits per heavy atom. The Bertz CT molecular complexity index is 700. The van der Waals surface area contributed by atoms with Crippen molar-refractivity contribution in [1.82, 2.24) is 20.4 Å². The van der Waals surface area contributed by atoms with E-state index in [1.165, 1.54) is 5.56 Å². The van der Waals surface area contributed by atoms with Crippen LogP contribution < -0.4 is 10.6 Å². The fourth-order valence-corrected chi connectivity index (χ4v) is 2.58. The van der Waals surface area contributed by atoms with E-state index in [4.69, 9.17) is 10.1 Å². The highest BCUT2D eigenvalue weighted by atomic mass is 15.3. The molecule has 136 valence electrons. The molecule has 25 heavy (non-hydrogen) atoms. The number of para-hydroxylation sites is 1. The lowest BCUT2D eigenvalue weighted by atomic mass is 10.1. The van der Waals surface area contributed by atoms with Crippen LogP contribution in [0.15, 0.2) is 35.3 Å². The van der Waals surface area contributed by atoms with Gasteiger partial charge in [-0.05, 0) is 45.7 Å². The molecule has 0 saturated heterocycles. The fourth-order valence-electron chi connectivity index (χ4n) is 2.58. The summed E-state index contributed by atoms with van der Waals surface area (Å²) in [6.07, 6.45) is 0. The lowest BCUT2D eigenvalue weighted by molar-refractivity contribution is 0.481. The molecular weight excluding hydrogens is 310 g/mol. The highest BCUT2D eigenvalue weighted by Gasteiger charge is 2.13. The summed E-state index contributed by atoms with van der Waals surface area (Å²) in [6, 6.07) is 10.6. The van der Waals surface area contributed by atoms with Crippen LogP contribution in [0.2, 0.25) is 0 Å². The van der Waals surface area contributed by atoms with Gasteiger partial charge in [-0.3, -0.25) is 0 Å². The van der Waals surface area contributed by atoms with Gasteiger partial charge in [0.05, 0.1) is 17.9 Å². The topological polar surface area (TPSA) is 54.2 Å². The molecule has 0 aliphatic rings. The van der Waals surface area contributed by atoms with Crippen LogP contribution in [-0.2, 0) is 6.54 Å². The van der Waals surface area contributed by atoms with Crippen molar-refractivity contribution in [3.8, 4) is 5.69 Å². The van der Waals surface area contributed by atoms with Crippen LogP contribution in [0.3, 0.4) is 0 Å². The van der Waals surface area contributed by atoms with Crippen molar-refractivity contribution >= 4 is 5.96 Å². The van der Waals surface area contributed by atoms with Crippen molar-refractivity contribution in [2.45, 2.75) is 54.1 Å². The summed E-state index contributed by atoms with van der Waals surface area (Å²) < 4.78 is 2.00. The molecule has 1 heterocycles. The molecule has 1 aromatic carbocycles. The predicted octanol–water partition coefficient (Wildman–Crippen LogP) is 3.59. The summed E-state index contributed by atoms with van der Waals surface area (Å²) in [7, 11) is 0. The minimum Gasteiger partial charge on any atom is -0.357 e. The Balaban J connectivity index is 2.22. The van der Waals surface area contributed by atoms with Crippen molar-refractivity contribution in [2.75, 3.05) is 6.54 Å². The van der Waals surface area contributed by atoms with E-state index in [1.54, 1.807) is 0 Å². The highest BCUT2D eigenvalue weighted by molar-refractivity contribution is 5.80. The number of hydrogen-bond acceptors (Lipinski definition) is 2. The smallest absolute Gasteiger partial charge is 0.191 e. The number of hydrogen-bond donors (Lipinski definition) is 2. The van der Waals surface area contributed by atoms with Crippen molar-refractivity contribution in [3.05, 3.63) is 47.3 Å². The third-order valence-electron chi connectivity index (χ3n) is 4.55. The van der Waals surface area contributed by atoms with Crippen LogP contribution in [0.1, 0.15) is 44.6 Å². The number of rotatable bonds is 6. The molecule has 0 saturated carbocycles. The van der Waals surface area contributed by atoms with Crippen LogP contribution in [0.25, 0.3) is 5.69 Å². The first kappa shape index (κ1) is 19.0. The van der Waals surface area contributed by atoms with Gasteiger partial charge in [0.25, 0.3) is 0 Å². The van der Waals surface area contributed by atoms with Crippen LogP contribution in [0, 0.1) is 19.8 Å². The maximum atomic E-state index is 4.78. The Labute approximate surface area is 151 Å². The van der Waals surface area contributed by atoms with Gasteiger partial charge in [-0.25, -0.2) is 9.67 Å². The van der Waals surface area contributed by atoms with Gasteiger partial charge in [0.1, 0.15) is 0 Å². The fraction of sp³-hybridized carbons (Fsp3) is 0.500. The first-order valence-corrected chi connectivity index (χ1v) is 9.09. The van der Waals surface area contributed by atoms with E-state index in [1.807, 2.05) is 29.8 Å². The third-order valence-corrected chi connectivity index (χ3v) is 4.55. The largest absolute Gasteiger partial charge is 0.357 e. The molecule has 0 spiro atoms. The number of aryl methyl sites for hydroxylation is 1. The average molecular weight is 342 g/mol. The predicted molar refractivity (Wildman–Crippen MR) is 105 cm³/mol. The molecule has 5 nitrogen and oxygen atoms in total. The van der Waals surface area contributed by atoms with Gasteiger partial charge in [0.15, 0.2) is 5.96 Å². The molecule has 0 amide bonds. The number of aliphatic imine (C=N–C) groups is 1. The normalized spacial score (nSPS) is 13.2. The number of nitrogens with one attached hydrogen (secondary N) is 2. The summed E-state index contributed by atoms with van der Waals surface area (Å²) >= 11 is 0. The zero-order valence-electron chi connectivity index (χ0n) is 16.3. The minimum atomic E-state index is 0.368. The van der Waals surface area contributed by atoms with Gasteiger partial charge in [-0.2, -0.15) is 5.10 Å². The van der Waals surface area contributed by atoms with Crippen LogP contribution in [-0.4, -0.2) is 28.3 Å². The standard InChI is InChI=1S/C20H31N5/c1-7-21-20(23-15(4)14(2)3)22-13-19-16(5)24-25(17(19)6)18-11-9-8-10-12-18/h8-12,14-15H,7,13H2,1-6H3,(H2,21,22,23). The molecule has 2 aromatic rings. The zero-order valence-corrected chi connectivity index (χ0v) is 16.3. The van der Waals surface area contributed by atoms with Gasteiger partial charge in [-0.1, -0.05) is 32.0 Å². The van der Waals surface area contributed by atoms with Gasteiger partial charge in [-0.15, -0.1) is 0 Å². The summed E-state index contributed by atoms with van der Waals surface area (Å²) in [4.78, 5) is 4.78. The van der Waals surface area contributed by atoms with E-state index >= 15 is 0 Å². The summed E-state index contributed by atoms with van der Waals surface area (Å²) in [5.74, 6) is 1.41. The van der Waals surface area contributed by atoms with E-state index in [2.05, 4.69) is 57.4 Å². The Kier molecular flexibility index (Phi) is 6.62. The van der Waals surface area contributed by atoms with E-state index in [0.717, 1.165) is 29.6 Å². The number of guanidine groups is 1. The average Bonchev–Trinajstić information content (AvgIpc) is 2.88. The molecule has 5 heteroatoms. The lowest BCUT2D eigenvalue weighted by Crippen LogP contribution is -2.44. The molecule has 0 bridgehead atoms. The Morgan fingerprint density at radius 3 is 2.44 bits per heavy atom. The van der Waals surface area contributed by atoms with Crippen LogP contribution in [0.5, 0.6) is 0 Å². The molecule has 2 N–H and O–H groups in total. The van der Waals surface area contributed by atoms with Crippen LogP contribution in [0.4, 0.5) is 0 Å². The van der Waals surface area contributed by atoms with E-state index in [0.29, 0.717) is 18.5 Å². The molecule has 0 radical (unpaired) electrons. The summed E-state index contributed by atoms with van der Waals surface area (Å²) in [6.45, 7) is 14.3. The van der Waals surface area contributed by atoms with Crippen molar-refractivity contribution in [3.63, 3.8) is 0 Å². The maximum absolute atomic E-state index is 4.78. The zero-order chi connectivity index (χ0) is 18.4. The highest BCUT2D eigenvalue weighted by Crippen LogP contribution is 2.18. The second-order valence-electron chi connectivity index (χ2n) is 6.77. The second-order valence-corrected chi connectivity index (χ2v) is 6.77. The maximum Gasteiger partial charge on any atom is 0.191 e.